The highest BCUT2D eigenvalue weighted by atomic mass is 19.1. The maximum Gasteiger partial charge on any atom is 0.248 e. The van der Waals surface area contributed by atoms with Gasteiger partial charge >= 0.3 is 0 Å². The normalized spacial score (nSPS) is 15.4. The Labute approximate surface area is 201 Å². The monoisotopic (exact) mass is 478 g/mol. The van der Waals surface area contributed by atoms with E-state index < -0.39 is 0 Å². The lowest BCUT2D eigenvalue weighted by atomic mass is 9.90. The van der Waals surface area contributed by atoms with Crippen LogP contribution in [-0.4, -0.2) is 66.1 Å². The minimum Gasteiger partial charge on any atom is -0.508 e. The quantitative estimate of drug-likeness (QED) is 0.333. The number of carbonyl (C=O) groups excluding carboxylic acids is 2. The van der Waals surface area contributed by atoms with Crippen LogP contribution in [0.5, 0.6) is 5.75 Å². The number of phenolic OH excluding ortho intramolecular Hbond substituents is 1. The molecule has 0 bridgehead atoms. The van der Waals surface area contributed by atoms with Crippen LogP contribution in [0.1, 0.15) is 56.7 Å². The number of nitrogens with two attached hydrogens (primary N) is 1. The minimum atomic E-state index is -0.306. The Morgan fingerprint density at radius 2 is 1.91 bits per heavy atom. The summed E-state index contributed by atoms with van der Waals surface area (Å²) in [4.78, 5) is 32.1. The van der Waals surface area contributed by atoms with E-state index in [2.05, 4.69) is 28.9 Å². The van der Waals surface area contributed by atoms with Gasteiger partial charge in [0.05, 0.1) is 0 Å². The number of amides is 2. The van der Waals surface area contributed by atoms with Crippen molar-refractivity contribution in [2.45, 2.75) is 53.5 Å². The Morgan fingerprint density at radius 1 is 1.24 bits per heavy atom. The van der Waals surface area contributed by atoms with E-state index >= 15 is 0 Å². The summed E-state index contributed by atoms with van der Waals surface area (Å²) in [5.74, 6) is 4.95. The van der Waals surface area contributed by atoms with Crippen molar-refractivity contribution in [3.63, 3.8) is 0 Å². The van der Waals surface area contributed by atoms with Crippen LogP contribution in [0.15, 0.2) is 18.0 Å². The maximum absolute atomic E-state index is 14.3. The first-order valence-corrected chi connectivity index (χ1v) is 11.9. The number of carbonyl (C=O) groups is 2. The zero-order valence-electron chi connectivity index (χ0n) is 20.8. The molecule has 1 aliphatic heterocycles. The molecule has 9 heteroatoms. The van der Waals surface area contributed by atoms with E-state index in [0.29, 0.717) is 70.0 Å². The van der Waals surface area contributed by atoms with Gasteiger partial charge in [-0.15, -0.1) is 0 Å². The van der Waals surface area contributed by atoms with Gasteiger partial charge in [0.2, 0.25) is 11.8 Å². The number of phenols is 1. The number of benzene rings is 1. The van der Waals surface area contributed by atoms with Crippen molar-refractivity contribution in [3.8, 4) is 5.75 Å². The molecule has 4 N–H and O–H groups in total. The van der Waals surface area contributed by atoms with Gasteiger partial charge in [-0.25, -0.2) is 10.3 Å². The van der Waals surface area contributed by atoms with E-state index in [9.17, 15) is 19.1 Å². The summed E-state index contributed by atoms with van der Waals surface area (Å²) in [6.07, 6.45) is 1.55. The molecule has 2 rings (SSSR count). The zero-order chi connectivity index (χ0) is 25.3. The second-order valence-corrected chi connectivity index (χ2v) is 9.27. The Kier molecular flexibility index (Phi) is 10.9. The van der Waals surface area contributed by atoms with E-state index in [1.807, 2.05) is 11.8 Å². The van der Waals surface area contributed by atoms with Gasteiger partial charge in [-0.3, -0.25) is 19.3 Å². The largest absolute Gasteiger partial charge is 0.508 e. The lowest BCUT2D eigenvalue weighted by Gasteiger charge is -2.35. The van der Waals surface area contributed by atoms with Crippen LogP contribution in [0.2, 0.25) is 0 Å². The number of rotatable bonds is 11. The van der Waals surface area contributed by atoms with Crippen molar-refractivity contribution in [2.75, 3.05) is 39.3 Å². The fourth-order valence-electron chi connectivity index (χ4n) is 4.24. The number of hydrogen-bond acceptors (Lipinski definition) is 6. The van der Waals surface area contributed by atoms with Crippen LogP contribution >= 0.6 is 0 Å². The average molecular weight is 479 g/mol. The van der Waals surface area contributed by atoms with E-state index in [0.717, 1.165) is 16.7 Å². The first-order valence-electron chi connectivity index (χ1n) is 11.9. The van der Waals surface area contributed by atoms with Crippen molar-refractivity contribution in [3.05, 3.63) is 34.6 Å². The van der Waals surface area contributed by atoms with Crippen LogP contribution in [0, 0.1) is 12.8 Å². The summed E-state index contributed by atoms with van der Waals surface area (Å²) in [6, 6.07) is 3.45. The Hall–Kier alpha value is -2.49. The summed E-state index contributed by atoms with van der Waals surface area (Å²) >= 11 is 0. The molecular formula is C25H39FN4O4. The SMILES string of the molecule is C/C(F)=C(\CC(C)C)c1ccc(O)c(CN2CCN(C(=O)CCCNC(=O)CON)CC2)c1C. The predicted molar refractivity (Wildman–Crippen MR) is 130 cm³/mol. The Balaban J connectivity index is 1.93. The third kappa shape index (κ3) is 8.07. The number of aromatic hydroxyl groups is 1. The van der Waals surface area contributed by atoms with Gasteiger partial charge < -0.3 is 15.3 Å². The Bertz CT molecular complexity index is 876. The first kappa shape index (κ1) is 27.8. The average Bonchev–Trinajstić information content (AvgIpc) is 2.78. The molecule has 34 heavy (non-hydrogen) atoms. The smallest absolute Gasteiger partial charge is 0.248 e. The molecule has 0 saturated carbocycles. The lowest BCUT2D eigenvalue weighted by Crippen LogP contribution is -2.48. The Morgan fingerprint density at radius 3 is 2.50 bits per heavy atom. The number of nitrogens with zero attached hydrogens (tertiary/aromatic N) is 2. The van der Waals surface area contributed by atoms with Gasteiger partial charge in [-0.05, 0) is 55.4 Å². The fraction of sp³-hybridized carbons (Fsp3) is 0.600. The highest BCUT2D eigenvalue weighted by molar-refractivity contribution is 5.78. The van der Waals surface area contributed by atoms with Crippen LogP contribution in [0.4, 0.5) is 4.39 Å². The topological polar surface area (TPSA) is 108 Å². The molecule has 0 aromatic heterocycles. The van der Waals surface area contributed by atoms with E-state index in [1.165, 1.54) is 6.92 Å². The standard InChI is InChI=1S/C25H39FN4O4/c1-17(2)14-21(19(4)26)20-7-8-23(31)22(18(20)3)15-29-10-12-30(13-11-29)25(33)6-5-9-28-24(32)16-34-27/h7-8,17,31H,5-6,9-16,27H2,1-4H3,(H,28,32)/b21-19-. The molecule has 1 aliphatic rings. The molecule has 190 valence electrons. The van der Waals surface area contributed by atoms with Crippen molar-refractivity contribution in [2.24, 2.45) is 11.8 Å². The second-order valence-electron chi connectivity index (χ2n) is 9.27. The molecule has 0 unspecified atom stereocenters. The summed E-state index contributed by atoms with van der Waals surface area (Å²) in [5.41, 5.74) is 3.24. The molecule has 1 aromatic rings. The summed E-state index contributed by atoms with van der Waals surface area (Å²) in [6.45, 7) is 10.9. The molecule has 0 spiro atoms. The van der Waals surface area contributed by atoms with Crippen molar-refractivity contribution in [1.29, 1.82) is 0 Å². The third-order valence-corrected chi connectivity index (χ3v) is 6.14. The summed E-state index contributed by atoms with van der Waals surface area (Å²) < 4.78 is 14.3. The summed E-state index contributed by atoms with van der Waals surface area (Å²) in [7, 11) is 0. The number of piperazine rings is 1. The maximum atomic E-state index is 14.3. The number of nitrogens with one attached hydrogen (secondary N) is 1. The van der Waals surface area contributed by atoms with Gasteiger partial charge in [-0.1, -0.05) is 19.9 Å². The first-order chi connectivity index (χ1) is 16.1. The molecule has 2 amide bonds. The molecular weight excluding hydrogens is 439 g/mol. The van der Waals surface area contributed by atoms with Gasteiger partial charge in [0.25, 0.3) is 0 Å². The molecule has 0 radical (unpaired) electrons. The fourth-order valence-corrected chi connectivity index (χ4v) is 4.24. The van der Waals surface area contributed by atoms with Gasteiger partial charge in [0.1, 0.15) is 18.2 Å². The van der Waals surface area contributed by atoms with Crippen molar-refractivity contribution in [1.82, 2.24) is 15.1 Å². The lowest BCUT2D eigenvalue weighted by molar-refractivity contribution is -0.133. The highest BCUT2D eigenvalue weighted by Gasteiger charge is 2.23. The van der Waals surface area contributed by atoms with Crippen LogP contribution < -0.4 is 11.2 Å². The van der Waals surface area contributed by atoms with Gasteiger partial charge in [-0.2, -0.15) is 0 Å². The molecule has 0 atom stereocenters. The molecule has 0 aliphatic carbocycles. The van der Waals surface area contributed by atoms with Crippen molar-refractivity contribution >= 4 is 17.4 Å². The van der Waals surface area contributed by atoms with E-state index in [4.69, 9.17) is 5.90 Å². The molecule has 1 heterocycles. The van der Waals surface area contributed by atoms with Crippen LogP contribution in [0.3, 0.4) is 0 Å². The second kappa shape index (κ2) is 13.4. The van der Waals surface area contributed by atoms with Gasteiger partial charge in [0.15, 0.2) is 0 Å². The number of hydrogen-bond donors (Lipinski definition) is 3. The number of halogens is 1. The number of allylic oxidation sites excluding steroid dienone is 2. The summed E-state index contributed by atoms with van der Waals surface area (Å²) in [5, 5.41) is 13.2. The molecule has 1 fully saturated rings. The van der Waals surface area contributed by atoms with Crippen LogP contribution in [-0.2, 0) is 21.0 Å². The van der Waals surface area contributed by atoms with Crippen LogP contribution in [0.25, 0.3) is 5.57 Å². The molecule has 1 aromatic carbocycles. The molecule has 8 nitrogen and oxygen atoms in total. The zero-order valence-corrected chi connectivity index (χ0v) is 20.8. The predicted octanol–water partition coefficient (Wildman–Crippen LogP) is 2.88. The minimum absolute atomic E-state index is 0.0619. The van der Waals surface area contributed by atoms with E-state index in [-0.39, 0.29) is 30.0 Å². The highest BCUT2D eigenvalue weighted by Crippen LogP contribution is 2.34. The van der Waals surface area contributed by atoms with Crippen molar-refractivity contribution < 1.29 is 23.9 Å². The molecule has 1 saturated heterocycles. The van der Waals surface area contributed by atoms with Gasteiger partial charge in [0, 0.05) is 51.3 Å². The third-order valence-electron chi connectivity index (χ3n) is 6.14. The van der Waals surface area contributed by atoms with E-state index in [1.54, 1.807) is 12.1 Å².